The van der Waals surface area contributed by atoms with Crippen molar-refractivity contribution in [3.05, 3.63) is 20.8 Å². The Bertz CT molecular complexity index is 541. The molecule has 0 aliphatic carbocycles. The SMILES string of the molecule is CCOC(=O)N1CCN(C(=NC)NCCc2ccc(Br)s2)CC1. The number of nitrogens with zero attached hydrogens (tertiary/aromatic N) is 3. The molecule has 1 saturated heterocycles. The number of rotatable bonds is 4. The fourth-order valence-electron chi connectivity index (χ4n) is 2.43. The highest BCUT2D eigenvalue weighted by Gasteiger charge is 2.23. The first-order valence-corrected chi connectivity index (χ1v) is 9.36. The van der Waals surface area contributed by atoms with Gasteiger partial charge in [0.05, 0.1) is 10.4 Å². The van der Waals surface area contributed by atoms with Crippen LogP contribution in [0.4, 0.5) is 4.79 Å². The molecule has 23 heavy (non-hydrogen) atoms. The van der Waals surface area contributed by atoms with Crippen molar-refractivity contribution in [1.82, 2.24) is 15.1 Å². The fraction of sp³-hybridized carbons (Fsp3) is 0.600. The first-order valence-electron chi connectivity index (χ1n) is 7.75. The molecular formula is C15H23BrN4O2S. The van der Waals surface area contributed by atoms with E-state index in [1.807, 2.05) is 6.92 Å². The summed E-state index contributed by atoms with van der Waals surface area (Å²) in [7, 11) is 1.79. The summed E-state index contributed by atoms with van der Waals surface area (Å²) in [6.45, 7) is 5.95. The molecule has 0 unspecified atom stereocenters. The predicted octanol–water partition coefficient (Wildman–Crippen LogP) is 2.40. The van der Waals surface area contributed by atoms with E-state index in [0.717, 1.165) is 35.8 Å². The minimum atomic E-state index is -0.224. The Morgan fingerprint density at radius 1 is 1.35 bits per heavy atom. The molecule has 0 atom stereocenters. The smallest absolute Gasteiger partial charge is 0.409 e. The van der Waals surface area contributed by atoms with Gasteiger partial charge in [0.15, 0.2) is 5.96 Å². The maximum atomic E-state index is 11.7. The highest BCUT2D eigenvalue weighted by molar-refractivity contribution is 9.11. The van der Waals surface area contributed by atoms with Crippen LogP contribution in [0, 0.1) is 0 Å². The molecule has 2 rings (SSSR count). The number of guanidine groups is 1. The van der Waals surface area contributed by atoms with Crippen molar-refractivity contribution in [3.63, 3.8) is 0 Å². The van der Waals surface area contributed by atoms with Crippen LogP contribution in [0.25, 0.3) is 0 Å². The van der Waals surface area contributed by atoms with Crippen LogP contribution in [0.3, 0.4) is 0 Å². The van der Waals surface area contributed by atoms with Gasteiger partial charge in [0, 0.05) is 44.6 Å². The van der Waals surface area contributed by atoms with E-state index >= 15 is 0 Å². The van der Waals surface area contributed by atoms with Crippen molar-refractivity contribution in [2.45, 2.75) is 13.3 Å². The van der Waals surface area contributed by atoms with Crippen molar-refractivity contribution in [2.75, 3.05) is 46.4 Å². The van der Waals surface area contributed by atoms with Gasteiger partial charge in [-0.05, 0) is 41.4 Å². The molecule has 6 nitrogen and oxygen atoms in total. The Hall–Kier alpha value is -1.28. The Kier molecular flexibility index (Phi) is 7.16. The van der Waals surface area contributed by atoms with E-state index in [0.29, 0.717) is 19.7 Å². The van der Waals surface area contributed by atoms with Crippen molar-refractivity contribution >= 4 is 39.3 Å². The molecule has 1 aromatic rings. The van der Waals surface area contributed by atoms with Crippen molar-refractivity contribution in [3.8, 4) is 0 Å². The lowest BCUT2D eigenvalue weighted by Crippen LogP contribution is -2.54. The van der Waals surface area contributed by atoms with Crippen molar-refractivity contribution < 1.29 is 9.53 Å². The van der Waals surface area contributed by atoms with Gasteiger partial charge in [0.25, 0.3) is 0 Å². The standard InChI is InChI=1S/C15H23BrN4O2S/c1-3-22-15(21)20-10-8-19(9-11-20)14(17-2)18-7-6-12-4-5-13(16)23-12/h4-5H,3,6-11H2,1-2H3,(H,17,18). The van der Waals surface area contributed by atoms with Crippen LogP contribution in [0.5, 0.6) is 0 Å². The number of aliphatic imine (C=N–C) groups is 1. The molecule has 1 amide bonds. The minimum absolute atomic E-state index is 0.224. The zero-order chi connectivity index (χ0) is 16.7. The molecule has 1 aliphatic rings. The summed E-state index contributed by atoms with van der Waals surface area (Å²) in [6, 6.07) is 4.21. The number of hydrogen-bond acceptors (Lipinski definition) is 4. The third-order valence-electron chi connectivity index (χ3n) is 3.60. The predicted molar refractivity (Wildman–Crippen MR) is 97.3 cm³/mol. The zero-order valence-corrected chi connectivity index (χ0v) is 16.0. The first kappa shape index (κ1) is 18.1. The second-order valence-corrected chi connectivity index (χ2v) is 7.65. The number of hydrogen-bond donors (Lipinski definition) is 1. The van der Waals surface area contributed by atoms with Crippen LogP contribution in [0.2, 0.25) is 0 Å². The summed E-state index contributed by atoms with van der Waals surface area (Å²) >= 11 is 5.24. The summed E-state index contributed by atoms with van der Waals surface area (Å²) in [4.78, 5) is 21.3. The maximum Gasteiger partial charge on any atom is 0.409 e. The van der Waals surface area contributed by atoms with Crippen LogP contribution in [0.15, 0.2) is 20.9 Å². The quantitative estimate of drug-likeness (QED) is 0.620. The van der Waals surface area contributed by atoms with E-state index in [1.165, 1.54) is 4.88 Å². The van der Waals surface area contributed by atoms with Gasteiger partial charge >= 0.3 is 6.09 Å². The molecule has 2 heterocycles. The highest BCUT2D eigenvalue weighted by Crippen LogP contribution is 2.22. The van der Waals surface area contributed by atoms with Crippen LogP contribution in [-0.4, -0.2) is 68.2 Å². The topological polar surface area (TPSA) is 57.2 Å². The Morgan fingerprint density at radius 3 is 2.61 bits per heavy atom. The van der Waals surface area contributed by atoms with Gasteiger partial charge in [-0.25, -0.2) is 4.79 Å². The monoisotopic (exact) mass is 402 g/mol. The lowest BCUT2D eigenvalue weighted by molar-refractivity contribution is 0.0915. The summed E-state index contributed by atoms with van der Waals surface area (Å²) in [5, 5.41) is 3.40. The summed E-state index contributed by atoms with van der Waals surface area (Å²) in [5.74, 6) is 0.893. The summed E-state index contributed by atoms with van der Waals surface area (Å²) < 4.78 is 6.20. The molecule has 0 radical (unpaired) electrons. The molecular weight excluding hydrogens is 380 g/mol. The number of ether oxygens (including phenoxy) is 1. The number of thiophene rings is 1. The van der Waals surface area contributed by atoms with Gasteiger partial charge in [-0.1, -0.05) is 0 Å². The third kappa shape index (κ3) is 5.39. The van der Waals surface area contributed by atoms with Crippen molar-refractivity contribution in [1.29, 1.82) is 0 Å². The second kappa shape index (κ2) is 9.12. The van der Waals surface area contributed by atoms with Gasteiger partial charge in [0.2, 0.25) is 0 Å². The van der Waals surface area contributed by atoms with E-state index in [2.05, 4.69) is 43.3 Å². The van der Waals surface area contributed by atoms with E-state index < -0.39 is 0 Å². The van der Waals surface area contributed by atoms with Crippen LogP contribution in [-0.2, 0) is 11.2 Å². The zero-order valence-electron chi connectivity index (χ0n) is 13.5. The van der Waals surface area contributed by atoms with Gasteiger partial charge < -0.3 is 19.9 Å². The molecule has 1 N–H and O–H groups in total. The number of amides is 1. The van der Waals surface area contributed by atoms with E-state index in [-0.39, 0.29) is 6.09 Å². The van der Waals surface area contributed by atoms with E-state index in [4.69, 9.17) is 4.74 Å². The molecule has 8 heteroatoms. The number of carbonyl (C=O) groups is 1. The lowest BCUT2D eigenvalue weighted by atomic mass is 10.3. The molecule has 128 valence electrons. The van der Waals surface area contributed by atoms with Crippen LogP contribution < -0.4 is 5.32 Å². The second-order valence-electron chi connectivity index (χ2n) is 5.10. The molecule has 0 saturated carbocycles. The normalized spacial score (nSPS) is 15.7. The number of halogens is 1. The molecule has 0 bridgehead atoms. The van der Waals surface area contributed by atoms with E-state index in [9.17, 15) is 4.79 Å². The molecule has 1 aliphatic heterocycles. The summed E-state index contributed by atoms with van der Waals surface area (Å²) in [6.07, 6.45) is 0.747. The lowest BCUT2D eigenvalue weighted by Gasteiger charge is -2.35. The van der Waals surface area contributed by atoms with Crippen molar-refractivity contribution in [2.24, 2.45) is 4.99 Å². The van der Waals surface area contributed by atoms with Gasteiger partial charge in [-0.3, -0.25) is 4.99 Å². The molecule has 0 spiro atoms. The van der Waals surface area contributed by atoms with Crippen LogP contribution >= 0.6 is 27.3 Å². The number of nitrogens with one attached hydrogen (secondary N) is 1. The van der Waals surface area contributed by atoms with Gasteiger partial charge in [-0.2, -0.15) is 0 Å². The number of piperazine rings is 1. The molecule has 0 aromatic carbocycles. The van der Waals surface area contributed by atoms with Gasteiger partial charge in [0.1, 0.15) is 0 Å². The summed E-state index contributed by atoms with van der Waals surface area (Å²) in [5.41, 5.74) is 0. The first-order chi connectivity index (χ1) is 11.1. The Balaban J connectivity index is 1.75. The maximum absolute atomic E-state index is 11.7. The Labute approximate surface area is 149 Å². The molecule has 1 fully saturated rings. The average Bonchev–Trinajstić information content (AvgIpc) is 2.97. The van der Waals surface area contributed by atoms with Crippen LogP contribution in [0.1, 0.15) is 11.8 Å². The van der Waals surface area contributed by atoms with Gasteiger partial charge in [-0.15, -0.1) is 11.3 Å². The van der Waals surface area contributed by atoms with E-state index in [1.54, 1.807) is 23.3 Å². The third-order valence-corrected chi connectivity index (χ3v) is 5.28. The largest absolute Gasteiger partial charge is 0.450 e. The highest BCUT2D eigenvalue weighted by atomic mass is 79.9. The molecule has 1 aromatic heterocycles. The number of carbonyl (C=O) groups excluding carboxylic acids is 1. The average molecular weight is 403 g/mol. The Morgan fingerprint density at radius 2 is 2.04 bits per heavy atom. The fourth-order valence-corrected chi connectivity index (χ4v) is 3.91. The minimum Gasteiger partial charge on any atom is -0.450 e.